The van der Waals surface area contributed by atoms with Crippen LogP contribution in [0.4, 0.5) is 5.69 Å². The van der Waals surface area contributed by atoms with Gasteiger partial charge in [-0.25, -0.2) is 13.1 Å². The summed E-state index contributed by atoms with van der Waals surface area (Å²) in [5.74, 6) is 0. The maximum atomic E-state index is 11.9. The highest BCUT2D eigenvalue weighted by Gasteiger charge is 2.24. The SMILES string of the molecule is CNS(=O)(=O)c1cc(N)ccc1SC1COC1. The third-order valence-electron chi connectivity index (χ3n) is 2.43. The molecule has 7 heteroatoms. The number of nitrogen functional groups attached to an aromatic ring is 1. The molecule has 5 nitrogen and oxygen atoms in total. The van der Waals surface area contributed by atoms with Gasteiger partial charge in [0.15, 0.2) is 0 Å². The number of nitrogens with two attached hydrogens (primary N) is 1. The Kier molecular flexibility index (Phi) is 3.62. The van der Waals surface area contributed by atoms with E-state index in [4.69, 9.17) is 10.5 Å². The van der Waals surface area contributed by atoms with E-state index in [1.165, 1.54) is 24.9 Å². The fourth-order valence-electron chi connectivity index (χ4n) is 1.40. The van der Waals surface area contributed by atoms with Crippen molar-refractivity contribution in [3.05, 3.63) is 18.2 Å². The van der Waals surface area contributed by atoms with Crippen molar-refractivity contribution in [3.8, 4) is 0 Å². The Morgan fingerprint density at radius 3 is 2.71 bits per heavy atom. The normalized spacial score (nSPS) is 16.8. The predicted octanol–water partition coefficient (Wildman–Crippen LogP) is 0.668. The first-order valence-corrected chi connectivity index (χ1v) is 7.46. The van der Waals surface area contributed by atoms with Crippen molar-refractivity contribution in [2.24, 2.45) is 0 Å². The molecule has 1 fully saturated rings. The van der Waals surface area contributed by atoms with E-state index in [-0.39, 0.29) is 4.90 Å². The first-order chi connectivity index (χ1) is 8.03. The van der Waals surface area contributed by atoms with Crippen LogP contribution in [0.25, 0.3) is 0 Å². The van der Waals surface area contributed by atoms with Gasteiger partial charge in [-0.15, -0.1) is 11.8 Å². The Hall–Kier alpha value is -0.760. The van der Waals surface area contributed by atoms with Crippen molar-refractivity contribution in [1.29, 1.82) is 0 Å². The molecule has 0 atom stereocenters. The second-order valence-corrected chi connectivity index (χ2v) is 6.89. The molecule has 0 spiro atoms. The first kappa shape index (κ1) is 12.7. The molecule has 17 heavy (non-hydrogen) atoms. The van der Waals surface area contributed by atoms with Crippen LogP contribution < -0.4 is 10.5 Å². The van der Waals surface area contributed by atoms with Crippen LogP contribution in [0, 0.1) is 0 Å². The van der Waals surface area contributed by atoms with Crippen LogP contribution in [-0.4, -0.2) is 33.9 Å². The van der Waals surface area contributed by atoms with Crippen LogP contribution in [0.1, 0.15) is 0 Å². The minimum atomic E-state index is -3.47. The van der Waals surface area contributed by atoms with Crippen molar-refractivity contribution in [2.45, 2.75) is 15.0 Å². The minimum absolute atomic E-state index is 0.233. The van der Waals surface area contributed by atoms with E-state index in [0.29, 0.717) is 29.0 Å². The molecule has 0 aliphatic carbocycles. The summed E-state index contributed by atoms with van der Waals surface area (Å²) in [6.45, 7) is 1.32. The molecule has 0 amide bonds. The van der Waals surface area contributed by atoms with Crippen LogP contribution >= 0.6 is 11.8 Å². The van der Waals surface area contributed by atoms with Gasteiger partial charge in [0.25, 0.3) is 0 Å². The Labute approximate surface area is 105 Å². The van der Waals surface area contributed by atoms with E-state index >= 15 is 0 Å². The van der Waals surface area contributed by atoms with Crippen LogP contribution in [-0.2, 0) is 14.8 Å². The molecule has 1 aliphatic rings. The Bertz CT molecular complexity index is 512. The van der Waals surface area contributed by atoms with Crippen molar-refractivity contribution < 1.29 is 13.2 Å². The monoisotopic (exact) mass is 274 g/mol. The highest BCUT2D eigenvalue weighted by molar-refractivity contribution is 8.00. The number of benzene rings is 1. The third-order valence-corrected chi connectivity index (χ3v) is 5.23. The molecule has 0 unspecified atom stereocenters. The van der Waals surface area contributed by atoms with Gasteiger partial charge in [-0.3, -0.25) is 0 Å². The molecular formula is C10H14N2O3S2. The Balaban J connectivity index is 2.36. The zero-order valence-electron chi connectivity index (χ0n) is 9.34. The molecule has 0 saturated carbocycles. The quantitative estimate of drug-likeness (QED) is 0.789. The number of nitrogens with one attached hydrogen (secondary N) is 1. The van der Waals surface area contributed by atoms with Gasteiger partial charge in [-0.1, -0.05) is 0 Å². The molecule has 0 radical (unpaired) electrons. The number of anilines is 1. The fraction of sp³-hybridized carbons (Fsp3) is 0.400. The molecule has 2 rings (SSSR count). The van der Waals surface area contributed by atoms with Crippen LogP contribution in [0.3, 0.4) is 0 Å². The minimum Gasteiger partial charge on any atom is -0.399 e. The van der Waals surface area contributed by atoms with Gasteiger partial charge < -0.3 is 10.5 Å². The van der Waals surface area contributed by atoms with Gasteiger partial charge in [0, 0.05) is 10.6 Å². The molecule has 1 aromatic rings. The fourth-order valence-corrected chi connectivity index (χ4v) is 3.73. The number of hydrogen-bond acceptors (Lipinski definition) is 5. The lowest BCUT2D eigenvalue weighted by Crippen LogP contribution is -2.30. The van der Waals surface area contributed by atoms with Gasteiger partial charge in [0.2, 0.25) is 10.0 Å². The summed E-state index contributed by atoms with van der Waals surface area (Å²) in [7, 11) is -2.08. The van der Waals surface area contributed by atoms with Crippen LogP contribution in [0.5, 0.6) is 0 Å². The van der Waals surface area contributed by atoms with E-state index in [0.717, 1.165) is 0 Å². The standard InChI is InChI=1S/C10H14N2O3S2/c1-12-17(13,14)10-4-7(11)2-3-9(10)16-8-5-15-6-8/h2-4,8,12H,5-6,11H2,1H3. The highest BCUT2D eigenvalue weighted by atomic mass is 32.2. The first-order valence-electron chi connectivity index (χ1n) is 5.10. The Morgan fingerprint density at radius 1 is 1.47 bits per heavy atom. The van der Waals surface area contributed by atoms with E-state index in [1.54, 1.807) is 12.1 Å². The lowest BCUT2D eigenvalue weighted by Gasteiger charge is -2.26. The van der Waals surface area contributed by atoms with E-state index in [9.17, 15) is 8.42 Å². The largest absolute Gasteiger partial charge is 0.399 e. The number of rotatable bonds is 4. The molecular weight excluding hydrogens is 260 g/mol. The molecule has 94 valence electrons. The maximum absolute atomic E-state index is 11.9. The van der Waals surface area contributed by atoms with Crippen LogP contribution in [0.15, 0.2) is 28.0 Å². The molecule has 1 aromatic carbocycles. The zero-order chi connectivity index (χ0) is 12.5. The summed E-state index contributed by atoms with van der Waals surface area (Å²) in [5, 5.41) is 0.324. The smallest absolute Gasteiger partial charge is 0.241 e. The predicted molar refractivity (Wildman–Crippen MR) is 67.6 cm³/mol. The number of sulfonamides is 1. The number of hydrogen-bond donors (Lipinski definition) is 2. The van der Waals surface area contributed by atoms with Crippen molar-refractivity contribution in [1.82, 2.24) is 4.72 Å². The van der Waals surface area contributed by atoms with Crippen LogP contribution in [0.2, 0.25) is 0 Å². The summed E-state index contributed by atoms with van der Waals surface area (Å²) in [6.07, 6.45) is 0. The second-order valence-electron chi connectivity index (χ2n) is 3.69. The summed E-state index contributed by atoms with van der Waals surface area (Å²) >= 11 is 1.51. The van der Waals surface area contributed by atoms with Gasteiger partial charge in [-0.05, 0) is 25.2 Å². The van der Waals surface area contributed by atoms with Crippen molar-refractivity contribution in [3.63, 3.8) is 0 Å². The lowest BCUT2D eigenvalue weighted by molar-refractivity contribution is 0.0455. The van der Waals surface area contributed by atoms with Gasteiger partial charge in [0.1, 0.15) is 0 Å². The average molecular weight is 274 g/mol. The van der Waals surface area contributed by atoms with E-state index in [2.05, 4.69) is 4.72 Å². The third kappa shape index (κ3) is 2.74. The number of ether oxygens (including phenoxy) is 1. The summed E-state index contributed by atoms with van der Waals surface area (Å²) in [6, 6.07) is 4.92. The van der Waals surface area contributed by atoms with E-state index in [1.807, 2.05) is 0 Å². The molecule has 1 aliphatic heterocycles. The molecule has 3 N–H and O–H groups in total. The molecule has 0 bridgehead atoms. The van der Waals surface area contributed by atoms with Crippen molar-refractivity contribution in [2.75, 3.05) is 26.0 Å². The molecule has 1 saturated heterocycles. The highest BCUT2D eigenvalue weighted by Crippen LogP contribution is 2.33. The van der Waals surface area contributed by atoms with Gasteiger partial charge in [0.05, 0.1) is 23.4 Å². The second kappa shape index (κ2) is 4.85. The summed E-state index contributed by atoms with van der Waals surface area (Å²) in [4.78, 5) is 0.943. The van der Waals surface area contributed by atoms with Gasteiger partial charge >= 0.3 is 0 Å². The maximum Gasteiger partial charge on any atom is 0.241 e. The topological polar surface area (TPSA) is 81.4 Å². The summed E-state index contributed by atoms with van der Waals surface area (Å²) in [5.41, 5.74) is 6.07. The zero-order valence-corrected chi connectivity index (χ0v) is 11.0. The van der Waals surface area contributed by atoms with Gasteiger partial charge in [-0.2, -0.15) is 0 Å². The van der Waals surface area contributed by atoms with Crippen molar-refractivity contribution >= 4 is 27.5 Å². The number of thioether (sulfide) groups is 1. The molecule has 1 heterocycles. The molecule has 0 aromatic heterocycles. The lowest BCUT2D eigenvalue weighted by atomic mass is 10.3. The summed E-state index contributed by atoms with van der Waals surface area (Å²) < 4.78 is 31.1. The van der Waals surface area contributed by atoms with E-state index < -0.39 is 10.0 Å². The average Bonchev–Trinajstić information content (AvgIpc) is 2.25. The Morgan fingerprint density at radius 2 is 2.18 bits per heavy atom.